The molecule has 28 heavy (non-hydrogen) atoms. The van der Waals surface area contributed by atoms with Crippen LogP contribution >= 0.6 is 12.4 Å². The molecule has 0 amide bonds. The second-order valence-electron chi connectivity index (χ2n) is 6.67. The summed E-state index contributed by atoms with van der Waals surface area (Å²) >= 11 is 0. The highest BCUT2D eigenvalue weighted by molar-refractivity contribution is 7.92. The van der Waals surface area contributed by atoms with Gasteiger partial charge in [0, 0.05) is 63.0 Å². The number of Topliss-reactive ketones (excluding diaryl/α,β-unsaturated/α-hetero) is 1. The van der Waals surface area contributed by atoms with Gasteiger partial charge >= 0.3 is 0 Å². The smallest absolute Gasteiger partial charge is 0.229 e. The van der Waals surface area contributed by atoms with Crippen LogP contribution in [0.2, 0.25) is 0 Å². The van der Waals surface area contributed by atoms with Gasteiger partial charge in [-0.05, 0) is 24.3 Å². The molecule has 3 rings (SSSR count). The maximum atomic E-state index is 12.7. The summed E-state index contributed by atoms with van der Waals surface area (Å²) in [6.45, 7) is 0. The number of aromatic nitrogens is 2. The first-order valence-electron chi connectivity index (χ1n) is 8.47. The molecule has 0 bridgehead atoms. The van der Waals surface area contributed by atoms with E-state index in [0.29, 0.717) is 24.1 Å². The molecule has 1 aromatic heterocycles. The molecule has 0 saturated heterocycles. The van der Waals surface area contributed by atoms with E-state index >= 15 is 0 Å². The normalized spacial score (nSPS) is 18.5. The number of aryl methyl sites for hydroxylation is 1. The second kappa shape index (κ2) is 8.24. The molecule has 8 nitrogen and oxygen atoms in total. The molecule has 0 saturated carbocycles. The fourth-order valence-electron chi connectivity index (χ4n) is 3.24. The molecule has 2 aromatic rings. The number of hydrogen-bond acceptors (Lipinski definition) is 6. The van der Waals surface area contributed by atoms with Crippen LogP contribution < -0.4 is 10.0 Å². The van der Waals surface area contributed by atoms with E-state index < -0.39 is 15.7 Å². The second-order valence-corrected chi connectivity index (χ2v) is 8.42. The van der Waals surface area contributed by atoms with Gasteiger partial charge < -0.3 is 14.8 Å². The maximum Gasteiger partial charge on any atom is 0.229 e. The van der Waals surface area contributed by atoms with E-state index in [1.54, 1.807) is 30.5 Å². The van der Waals surface area contributed by atoms with Gasteiger partial charge in [0.2, 0.25) is 10.0 Å². The molecule has 1 unspecified atom stereocenters. The highest BCUT2D eigenvalue weighted by atomic mass is 35.5. The lowest BCUT2D eigenvalue weighted by molar-refractivity contribution is 0.0911. The van der Waals surface area contributed by atoms with Crippen molar-refractivity contribution in [3.8, 4) is 0 Å². The van der Waals surface area contributed by atoms with Gasteiger partial charge in [0.25, 0.3) is 0 Å². The topological polar surface area (TPSA) is 96.3 Å². The number of carbonyl (C=O) groups is 1. The predicted molar refractivity (Wildman–Crippen MR) is 111 cm³/mol. The summed E-state index contributed by atoms with van der Waals surface area (Å²) in [7, 11) is 0.530. The lowest BCUT2D eigenvalue weighted by Gasteiger charge is -2.36. The lowest BCUT2D eigenvalue weighted by atomic mass is 9.97. The number of imidazole rings is 1. The van der Waals surface area contributed by atoms with E-state index in [4.69, 9.17) is 0 Å². The van der Waals surface area contributed by atoms with Crippen molar-refractivity contribution in [1.29, 1.82) is 0 Å². The largest absolute Gasteiger partial charge is 0.361 e. The number of ketones is 1. The monoisotopic (exact) mass is 425 g/mol. The Kier molecular flexibility index (Phi) is 6.41. The van der Waals surface area contributed by atoms with Gasteiger partial charge in [-0.15, -0.1) is 12.4 Å². The first-order valence-corrected chi connectivity index (χ1v) is 10.4. The van der Waals surface area contributed by atoms with Gasteiger partial charge in [0.1, 0.15) is 0 Å². The summed E-state index contributed by atoms with van der Waals surface area (Å²) in [5.41, 5.74) is 0.392. The maximum absolute atomic E-state index is 12.7. The molecule has 0 spiro atoms. The molecule has 0 radical (unpaired) electrons. The molecule has 2 N–H and O–H groups in total. The third-order valence-electron chi connectivity index (χ3n) is 4.64. The first kappa shape index (κ1) is 21.8. The van der Waals surface area contributed by atoms with E-state index in [2.05, 4.69) is 15.0 Å². The molecule has 152 valence electrons. The molecular formula is C18H24ClN5O3S. The number of rotatable bonds is 7. The summed E-state index contributed by atoms with van der Waals surface area (Å²) in [5, 5.41) is 3.34. The number of benzene rings is 1. The summed E-state index contributed by atoms with van der Waals surface area (Å²) in [5.74, 6) is 0.812. The van der Waals surface area contributed by atoms with E-state index in [0.717, 1.165) is 12.1 Å². The Morgan fingerprint density at radius 3 is 2.43 bits per heavy atom. The highest BCUT2D eigenvalue weighted by Crippen LogP contribution is 2.32. The fraction of sp³-hybridized carbons (Fsp3) is 0.333. The van der Waals surface area contributed by atoms with Gasteiger partial charge in [-0.25, -0.2) is 13.4 Å². The molecule has 0 aliphatic carbocycles. The van der Waals surface area contributed by atoms with Gasteiger partial charge in [-0.1, -0.05) is 0 Å². The number of halogens is 1. The standard InChI is InChI=1S/C18H23N5O3S.ClH/c1-22-12-10-19-17(22)18(20-11-13-23(18)2)9-8-16(24)14-4-6-15(7-5-14)21-27(3,25)26;/h4-7,10-13,20-21H,8-9H2,1-3H3;1H. The molecule has 1 atom stereocenters. The van der Waals surface area contributed by atoms with Crippen molar-refractivity contribution in [2.75, 3.05) is 18.0 Å². The minimum absolute atomic E-state index is 0. The summed E-state index contributed by atoms with van der Waals surface area (Å²) in [6.07, 6.45) is 9.31. The Morgan fingerprint density at radius 1 is 1.25 bits per heavy atom. The number of sulfonamides is 1. The van der Waals surface area contributed by atoms with Crippen molar-refractivity contribution >= 4 is 33.9 Å². The number of anilines is 1. The van der Waals surface area contributed by atoms with Crippen molar-refractivity contribution in [3.63, 3.8) is 0 Å². The summed E-state index contributed by atoms with van der Waals surface area (Å²) in [6, 6.07) is 6.44. The Morgan fingerprint density at radius 2 is 1.93 bits per heavy atom. The van der Waals surface area contributed by atoms with Crippen LogP contribution in [0.25, 0.3) is 0 Å². The first-order chi connectivity index (χ1) is 12.7. The molecule has 1 aliphatic rings. The molecule has 10 heteroatoms. The number of hydrogen-bond donors (Lipinski definition) is 2. The van der Waals surface area contributed by atoms with Crippen LogP contribution in [0.5, 0.6) is 0 Å². The summed E-state index contributed by atoms with van der Waals surface area (Å²) < 4.78 is 26.9. The van der Waals surface area contributed by atoms with E-state index in [1.165, 1.54) is 0 Å². The van der Waals surface area contributed by atoms with Crippen LogP contribution in [0.15, 0.2) is 49.1 Å². The zero-order chi connectivity index (χ0) is 19.7. The molecule has 0 fully saturated rings. The van der Waals surface area contributed by atoms with Gasteiger partial charge in [-0.3, -0.25) is 9.52 Å². The highest BCUT2D eigenvalue weighted by Gasteiger charge is 2.40. The zero-order valence-electron chi connectivity index (χ0n) is 15.9. The van der Waals surface area contributed by atoms with Crippen molar-refractivity contribution in [1.82, 2.24) is 19.8 Å². The van der Waals surface area contributed by atoms with Gasteiger partial charge in [0.15, 0.2) is 17.3 Å². The average Bonchev–Trinajstić information content (AvgIpc) is 3.18. The van der Waals surface area contributed by atoms with Crippen molar-refractivity contribution < 1.29 is 13.2 Å². The SMILES string of the molecule is CN1C=CNC1(CCC(=O)c1ccc(NS(C)(=O)=O)cc1)c1nccn1C.Cl. The Balaban J connectivity index is 0.00000280. The van der Waals surface area contributed by atoms with Crippen LogP contribution in [0.3, 0.4) is 0 Å². The van der Waals surface area contributed by atoms with Gasteiger partial charge in [0.05, 0.1) is 6.26 Å². The third kappa shape index (κ3) is 4.48. The quantitative estimate of drug-likeness (QED) is 0.659. The van der Waals surface area contributed by atoms with Crippen LogP contribution in [0.4, 0.5) is 5.69 Å². The lowest BCUT2D eigenvalue weighted by Crippen LogP contribution is -2.48. The van der Waals surface area contributed by atoms with Crippen molar-refractivity contribution in [2.24, 2.45) is 7.05 Å². The number of carbonyl (C=O) groups excluding carboxylic acids is 1. The fourth-order valence-corrected chi connectivity index (χ4v) is 3.80. The minimum atomic E-state index is -3.34. The van der Waals surface area contributed by atoms with Crippen molar-refractivity contribution in [2.45, 2.75) is 18.5 Å². The van der Waals surface area contributed by atoms with E-state index in [-0.39, 0.29) is 18.2 Å². The number of nitrogens with zero attached hydrogens (tertiary/aromatic N) is 3. The van der Waals surface area contributed by atoms with Gasteiger partial charge in [-0.2, -0.15) is 0 Å². The van der Waals surface area contributed by atoms with Crippen LogP contribution in [0.1, 0.15) is 29.0 Å². The van der Waals surface area contributed by atoms with E-state index in [9.17, 15) is 13.2 Å². The Bertz CT molecular complexity index is 971. The van der Waals surface area contributed by atoms with Crippen LogP contribution in [-0.4, -0.2) is 42.0 Å². The molecule has 1 aromatic carbocycles. The molecular weight excluding hydrogens is 402 g/mol. The van der Waals surface area contributed by atoms with Crippen LogP contribution in [0, 0.1) is 0 Å². The third-order valence-corrected chi connectivity index (χ3v) is 5.24. The average molecular weight is 426 g/mol. The summed E-state index contributed by atoms with van der Waals surface area (Å²) in [4.78, 5) is 19.1. The zero-order valence-corrected chi connectivity index (χ0v) is 17.5. The van der Waals surface area contributed by atoms with E-state index in [1.807, 2.05) is 42.2 Å². The van der Waals surface area contributed by atoms with Crippen LogP contribution in [-0.2, 0) is 22.7 Å². The Labute approximate surface area is 171 Å². The van der Waals surface area contributed by atoms with Crippen molar-refractivity contribution in [3.05, 3.63) is 60.4 Å². The Hall–Kier alpha value is -2.52. The predicted octanol–water partition coefficient (Wildman–Crippen LogP) is 2.04. The molecule has 1 aliphatic heterocycles. The molecule has 2 heterocycles. The number of nitrogens with one attached hydrogen (secondary N) is 2. The minimum Gasteiger partial charge on any atom is -0.361 e.